The summed E-state index contributed by atoms with van der Waals surface area (Å²) in [6.07, 6.45) is 2.89. The van der Waals surface area contributed by atoms with Crippen LogP contribution in [-0.4, -0.2) is 9.97 Å². The summed E-state index contributed by atoms with van der Waals surface area (Å²) in [5.41, 5.74) is 7.09. The van der Waals surface area contributed by atoms with Crippen LogP contribution in [0.2, 0.25) is 0 Å². The van der Waals surface area contributed by atoms with Crippen molar-refractivity contribution in [1.82, 2.24) is 9.97 Å². The zero-order valence-corrected chi connectivity index (χ0v) is 14.8. The molecule has 0 radical (unpaired) electrons. The Bertz CT molecular complexity index is 1080. The third-order valence-electron chi connectivity index (χ3n) is 5.11. The lowest BCUT2D eigenvalue weighted by Crippen LogP contribution is -2.14. The summed E-state index contributed by atoms with van der Waals surface area (Å²) in [4.78, 5) is 9.42. The number of benzene rings is 3. The van der Waals surface area contributed by atoms with Gasteiger partial charge in [0, 0.05) is 23.4 Å². The Labute approximate surface area is 158 Å². The third kappa shape index (κ3) is 2.97. The molecular formula is C24H19N3. The van der Waals surface area contributed by atoms with E-state index in [1.54, 1.807) is 0 Å². The maximum Gasteiger partial charge on any atom is 0.227 e. The molecule has 0 fully saturated rings. The second kappa shape index (κ2) is 6.69. The van der Waals surface area contributed by atoms with Gasteiger partial charge in [-0.2, -0.15) is 0 Å². The van der Waals surface area contributed by atoms with Gasteiger partial charge in [-0.1, -0.05) is 72.8 Å². The van der Waals surface area contributed by atoms with Crippen molar-refractivity contribution < 1.29 is 0 Å². The number of nitrogens with one attached hydrogen (secondary N) is 1. The number of rotatable bonds is 3. The minimum Gasteiger partial charge on any atom is -0.324 e. The van der Waals surface area contributed by atoms with E-state index in [1.165, 1.54) is 22.3 Å². The average Bonchev–Trinajstić information content (AvgIpc) is 2.75. The molecule has 1 unspecified atom stereocenters. The summed E-state index contributed by atoms with van der Waals surface area (Å²) in [7, 11) is 0. The van der Waals surface area contributed by atoms with Gasteiger partial charge in [-0.3, -0.25) is 0 Å². The summed E-state index contributed by atoms with van der Waals surface area (Å²) < 4.78 is 0. The first-order valence-electron chi connectivity index (χ1n) is 9.21. The zero-order chi connectivity index (χ0) is 18.1. The molecule has 1 aliphatic carbocycles. The molecule has 3 aromatic carbocycles. The topological polar surface area (TPSA) is 37.8 Å². The van der Waals surface area contributed by atoms with E-state index in [9.17, 15) is 0 Å². The van der Waals surface area contributed by atoms with Gasteiger partial charge in [-0.05, 0) is 35.2 Å². The Morgan fingerprint density at radius 1 is 0.778 bits per heavy atom. The second-order valence-corrected chi connectivity index (χ2v) is 6.81. The number of nitrogens with zero attached hydrogens (tertiary/aromatic N) is 2. The zero-order valence-electron chi connectivity index (χ0n) is 14.8. The fourth-order valence-electron chi connectivity index (χ4n) is 3.83. The number of para-hydroxylation sites is 1. The van der Waals surface area contributed by atoms with E-state index in [0.717, 1.165) is 17.8 Å². The molecule has 1 N–H and O–H groups in total. The highest BCUT2D eigenvalue weighted by molar-refractivity contribution is 5.73. The van der Waals surface area contributed by atoms with Crippen LogP contribution in [0, 0.1) is 0 Å². The molecule has 130 valence electrons. The minimum atomic E-state index is 0.339. The van der Waals surface area contributed by atoms with Gasteiger partial charge in [-0.25, -0.2) is 9.97 Å². The van der Waals surface area contributed by atoms with Crippen LogP contribution in [0.15, 0.2) is 91.1 Å². The predicted molar refractivity (Wildman–Crippen MR) is 109 cm³/mol. The van der Waals surface area contributed by atoms with Crippen molar-refractivity contribution in [1.29, 1.82) is 0 Å². The predicted octanol–water partition coefficient (Wildman–Crippen LogP) is 5.58. The highest BCUT2D eigenvalue weighted by Crippen LogP contribution is 2.41. The van der Waals surface area contributed by atoms with Crippen molar-refractivity contribution in [2.24, 2.45) is 0 Å². The molecule has 5 rings (SSSR count). The van der Waals surface area contributed by atoms with E-state index in [-0.39, 0.29) is 0 Å². The lowest BCUT2D eigenvalue weighted by molar-refractivity contribution is 0.782. The van der Waals surface area contributed by atoms with Crippen LogP contribution in [0.4, 0.5) is 11.6 Å². The van der Waals surface area contributed by atoms with Gasteiger partial charge in [0.15, 0.2) is 0 Å². The van der Waals surface area contributed by atoms with E-state index in [1.807, 2.05) is 36.5 Å². The molecule has 0 saturated carbocycles. The van der Waals surface area contributed by atoms with Crippen molar-refractivity contribution in [2.45, 2.75) is 12.3 Å². The molecule has 0 bridgehead atoms. The summed E-state index contributed by atoms with van der Waals surface area (Å²) >= 11 is 0. The van der Waals surface area contributed by atoms with Crippen LogP contribution in [0.5, 0.6) is 0 Å². The van der Waals surface area contributed by atoms with Crippen LogP contribution in [0.25, 0.3) is 11.3 Å². The van der Waals surface area contributed by atoms with Gasteiger partial charge < -0.3 is 5.32 Å². The normalized spacial score (nSPS) is 14.9. The molecule has 0 spiro atoms. The molecule has 27 heavy (non-hydrogen) atoms. The van der Waals surface area contributed by atoms with Gasteiger partial charge in [0.25, 0.3) is 0 Å². The lowest BCUT2D eigenvalue weighted by Gasteiger charge is -2.27. The Morgan fingerprint density at radius 2 is 1.48 bits per heavy atom. The minimum absolute atomic E-state index is 0.339. The number of anilines is 2. The summed E-state index contributed by atoms with van der Waals surface area (Å²) in [6.45, 7) is 0. The van der Waals surface area contributed by atoms with Gasteiger partial charge in [-0.15, -0.1) is 0 Å². The first kappa shape index (κ1) is 15.8. The molecule has 4 aromatic rings. The third-order valence-corrected chi connectivity index (χ3v) is 5.11. The molecule has 1 aliphatic rings. The Balaban J connectivity index is 1.57. The summed E-state index contributed by atoms with van der Waals surface area (Å²) in [5.74, 6) is 0.972. The van der Waals surface area contributed by atoms with Crippen molar-refractivity contribution in [2.75, 3.05) is 5.32 Å². The number of aromatic nitrogens is 2. The molecule has 0 amide bonds. The maximum absolute atomic E-state index is 4.86. The van der Waals surface area contributed by atoms with Gasteiger partial charge >= 0.3 is 0 Å². The SMILES string of the molecule is c1ccc(Nc2ncc3c(n2)-c2ccccc2C(c2ccccc2)C3)cc1. The fourth-order valence-corrected chi connectivity index (χ4v) is 3.83. The van der Waals surface area contributed by atoms with E-state index in [0.29, 0.717) is 11.9 Å². The smallest absolute Gasteiger partial charge is 0.227 e. The van der Waals surface area contributed by atoms with Crippen molar-refractivity contribution >= 4 is 11.6 Å². The van der Waals surface area contributed by atoms with Crippen molar-refractivity contribution in [3.63, 3.8) is 0 Å². The summed E-state index contributed by atoms with van der Waals surface area (Å²) in [5, 5.41) is 3.31. The molecule has 1 atom stereocenters. The van der Waals surface area contributed by atoms with Crippen LogP contribution >= 0.6 is 0 Å². The van der Waals surface area contributed by atoms with E-state index in [4.69, 9.17) is 4.98 Å². The molecule has 0 saturated heterocycles. The number of hydrogen-bond donors (Lipinski definition) is 1. The molecule has 3 nitrogen and oxygen atoms in total. The van der Waals surface area contributed by atoms with Crippen LogP contribution in [0.3, 0.4) is 0 Å². The van der Waals surface area contributed by atoms with Crippen molar-refractivity contribution in [3.05, 3.63) is 108 Å². The van der Waals surface area contributed by atoms with E-state index >= 15 is 0 Å². The Hall–Kier alpha value is -3.46. The average molecular weight is 349 g/mol. The Kier molecular flexibility index (Phi) is 3.91. The second-order valence-electron chi connectivity index (χ2n) is 6.81. The maximum atomic E-state index is 4.86. The molecule has 3 heteroatoms. The quantitative estimate of drug-likeness (QED) is 0.525. The molecule has 1 aromatic heterocycles. The Morgan fingerprint density at radius 3 is 2.30 bits per heavy atom. The van der Waals surface area contributed by atoms with Crippen molar-refractivity contribution in [3.8, 4) is 11.3 Å². The molecule has 1 heterocycles. The fraction of sp³-hybridized carbons (Fsp3) is 0.0833. The first-order chi connectivity index (χ1) is 13.4. The van der Waals surface area contributed by atoms with Gasteiger partial charge in [0.05, 0.1) is 5.69 Å². The molecular weight excluding hydrogens is 330 g/mol. The van der Waals surface area contributed by atoms with Gasteiger partial charge in [0.1, 0.15) is 0 Å². The van der Waals surface area contributed by atoms with E-state index in [2.05, 4.69) is 64.9 Å². The number of fused-ring (bicyclic) bond motifs is 3. The highest BCUT2D eigenvalue weighted by Gasteiger charge is 2.27. The lowest BCUT2D eigenvalue weighted by atomic mass is 9.78. The first-order valence-corrected chi connectivity index (χ1v) is 9.21. The van der Waals surface area contributed by atoms with Gasteiger partial charge in [0.2, 0.25) is 5.95 Å². The van der Waals surface area contributed by atoms with Crippen LogP contribution < -0.4 is 5.32 Å². The number of hydrogen-bond acceptors (Lipinski definition) is 3. The highest BCUT2D eigenvalue weighted by atomic mass is 15.1. The van der Waals surface area contributed by atoms with E-state index < -0.39 is 0 Å². The van der Waals surface area contributed by atoms with Crippen LogP contribution in [-0.2, 0) is 6.42 Å². The monoisotopic (exact) mass is 349 g/mol. The van der Waals surface area contributed by atoms with Crippen LogP contribution in [0.1, 0.15) is 22.6 Å². The largest absolute Gasteiger partial charge is 0.324 e. The molecule has 0 aliphatic heterocycles. The summed E-state index contributed by atoms with van der Waals surface area (Å²) in [6, 6.07) is 29.3. The standard InChI is InChI=1S/C24H19N3/c1-3-9-17(10-4-1)22-15-18-16-25-24(26-19-11-5-2-6-12-19)27-23(18)21-14-8-7-13-20(21)22/h1-14,16,22H,15H2,(H,25,26,27).